The number of aromatic nitrogens is 4. The first-order chi connectivity index (χ1) is 8.94. The molecule has 102 valence electrons. The Morgan fingerprint density at radius 3 is 2.89 bits per heavy atom. The fourth-order valence-electron chi connectivity index (χ4n) is 2.17. The van der Waals surface area contributed by atoms with Crippen LogP contribution in [-0.2, 0) is 16.0 Å². The van der Waals surface area contributed by atoms with E-state index in [9.17, 15) is 0 Å². The van der Waals surface area contributed by atoms with Crippen LogP contribution in [0.25, 0.3) is 11.0 Å². The molecule has 2 aromatic rings. The summed E-state index contributed by atoms with van der Waals surface area (Å²) in [6.07, 6.45) is 1.56. The normalized spacial score (nSPS) is 22.1. The highest BCUT2D eigenvalue weighted by Gasteiger charge is 2.33. The number of nitrogens with zero attached hydrogens (tertiary/aromatic N) is 4. The summed E-state index contributed by atoms with van der Waals surface area (Å²) in [5, 5.41) is 4.94. The zero-order valence-electron chi connectivity index (χ0n) is 10.8. The molecule has 0 aromatic carbocycles. The molecule has 8 heteroatoms. The largest absolute Gasteiger partial charge is 0.383 e. The van der Waals surface area contributed by atoms with E-state index in [4.69, 9.17) is 20.9 Å². The summed E-state index contributed by atoms with van der Waals surface area (Å²) in [7, 11) is 0. The van der Waals surface area contributed by atoms with Gasteiger partial charge in [-0.2, -0.15) is 15.1 Å². The number of hydrogen-bond acceptors (Lipinski definition) is 7. The van der Waals surface area contributed by atoms with Gasteiger partial charge in [0.25, 0.3) is 0 Å². The third-order valence-corrected chi connectivity index (χ3v) is 2.99. The predicted octanol–water partition coefficient (Wildman–Crippen LogP) is 0.142. The van der Waals surface area contributed by atoms with Crippen LogP contribution in [0.15, 0.2) is 6.20 Å². The van der Waals surface area contributed by atoms with Gasteiger partial charge in [-0.25, -0.2) is 4.68 Å². The highest BCUT2D eigenvalue weighted by atomic mass is 16.7. The van der Waals surface area contributed by atoms with Crippen molar-refractivity contribution in [2.75, 3.05) is 18.1 Å². The number of anilines is 2. The van der Waals surface area contributed by atoms with Crippen molar-refractivity contribution in [1.29, 1.82) is 0 Å². The number of rotatable bonds is 2. The van der Waals surface area contributed by atoms with Gasteiger partial charge in [0, 0.05) is 0 Å². The quantitative estimate of drug-likeness (QED) is 0.793. The minimum absolute atomic E-state index is 0.0736. The van der Waals surface area contributed by atoms with E-state index < -0.39 is 5.79 Å². The van der Waals surface area contributed by atoms with Crippen molar-refractivity contribution in [1.82, 2.24) is 19.7 Å². The Bertz CT molecular complexity index is 623. The van der Waals surface area contributed by atoms with Crippen LogP contribution in [0.4, 0.5) is 11.8 Å². The van der Waals surface area contributed by atoms with Gasteiger partial charge in [-0.15, -0.1) is 0 Å². The lowest BCUT2D eigenvalue weighted by Gasteiger charge is -2.17. The van der Waals surface area contributed by atoms with Crippen molar-refractivity contribution >= 4 is 22.8 Å². The molecule has 0 bridgehead atoms. The smallest absolute Gasteiger partial charge is 0.224 e. The molecule has 1 saturated heterocycles. The van der Waals surface area contributed by atoms with Gasteiger partial charge in [0.1, 0.15) is 11.9 Å². The van der Waals surface area contributed by atoms with Gasteiger partial charge in [-0.05, 0) is 13.8 Å². The van der Waals surface area contributed by atoms with Crippen LogP contribution in [0.1, 0.15) is 13.8 Å². The lowest BCUT2D eigenvalue weighted by atomic mass is 10.3. The second-order valence-electron chi connectivity index (χ2n) is 4.98. The van der Waals surface area contributed by atoms with Crippen LogP contribution in [0.5, 0.6) is 0 Å². The van der Waals surface area contributed by atoms with Gasteiger partial charge < -0.3 is 20.9 Å². The molecule has 1 fully saturated rings. The predicted molar refractivity (Wildman–Crippen MR) is 69.1 cm³/mol. The van der Waals surface area contributed by atoms with Crippen molar-refractivity contribution in [3.8, 4) is 0 Å². The van der Waals surface area contributed by atoms with Crippen molar-refractivity contribution < 1.29 is 9.47 Å². The molecule has 1 unspecified atom stereocenters. The third kappa shape index (κ3) is 2.20. The minimum Gasteiger partial charge on any atom is -0.383 e. The number of ether oxygens (including phenoxy) is 2. The number of nitrogen functional groups attached to an aromatic ring is 2. The van der Waals surface area contributed by atoms with Gasteiger partial charge in [-0.1, -0.05) is 0 Å². The fraction of sp³-hybridized carbons (Fsp3) is 0.545. The molecule has 1 aliphatic rings. The zero-order valence-corrected chi connectivity index (χ0v) is 10.8. The van der Waals surface area contributed by atoms with E-state index in [1.165, 1.54) is 0 Å². The summed E-state index contributed by atoms with van der Waals surface area (Å²) in [6.45, 7) is 4.81. The highest BCUT2D eigenvalue weighted by molar-refractivity contribution is 5.85. The first-order valence-corrected chi connectivity index (χ1v) is 6.01. The Kier molecular flexibility index (Phi) is 2.58. The maximum atomic E-state index is 5.78. The van der Waals surface area contributed by atoms with Gasteiger partial charge >= 0.3 is 0 Å². The van der Waals surface area contributed by atoms with Gasteiger partial charge in [0.2, 0.25) is 5.95 Å². The summed E-state index contributed by atoms with van der Waals surface area (Å²) in [5.41, 5.74) is 12.0. The lowest BCUT2D eigenvalue weighted by Crippen LogP contribution is -2.24. The molecule has 0 amide bonds. The molecule has 3 heterocycles. The van der Waals surface area contributed by atoms with Crippen molar-refractivity contribution in [2.45, 2.75) is 32.3 Å². The van der Waals surface area contributed by atoms with E-state index in [1.54, 1.807) is 10.9 Å². The van der Waals surface area contributed by atoms with Crippen molar-refractivity contribution in [2.24, 2.45) is 0 Å². The van der Waals surface area contributed by atoms with E-state index in [2.05, 4.69) is 15.1 Å². The SMILES string of the molecule is CC1(C)OCC(Cn2ncc3c(N)nc(N)nc32)O1. The summed E-state index contributed by atoms with van der Waals surface area (Å²) in [5.74, 6) is -0.0888. The van der Waals surface area contributed by atoms with Crippen LogP contribution in [0.2, 0.25) is 0 Å². The molecule has 0 saturated carbocycles. The molecule has 0 spiro atoms. The van der Waals surface area contributed by atoms with Crippen molar-refractivity contribution in [3.63, 3.8) is 0 Å². The molecule has 19 heavy (non-hydrogen) atoms. The molecule has 4 N–H and O–H groups in total. The van der Waals surface area contributed by atoms with E-state index in [0.717, 1.165) is 0 Å². The standard InChI is InChI=1S/C11H16N6O2/c1-11(2)18-5-6(19-11)4-17-9-7(3-14-17)8(12)15-10(13)16-9/h3,6H,4-5H2,1-2H3,(H4,12,13,15,16). The Morgan fingerprint density at radius 2 is 2.21 bits per heavy atom. The van der Waals surface area contributed by atoms with Crippen LogP contribution >= 0.6 is 0 Å². The Balaban J connectivity index is 1.90. The molecule has 0 aliphatic carbocycles. The van der Waals surface area contributed by atoms with Crippen LogP contribution in [-0.4, -0.2) is 38.2 Å². The Labute approximate surface area is 109 Å². The van der Waals surface area contributed by atoms with Gasteiger partial charge in [0.15, 0.2) is 11.4 Å². The van der Waals surface area contributed by atoms with Gasteiger partial charge in [0.05, 0.1) is 24.7 Å². The van der Waals surface area contributed by atoms with Crippen LogP contribution in [0, 0.1) is 0 Å². The molecular formula is C11H16N6O2. The van der Waals surface area contributed by atoms with Crippen molar-refractivity contribution in [3.05, 3.63) is 6.20 Å². The first-order valence-electron chi connectivity index (χ1n) is 6.01. The molecule has 0 radical (unpaired) electrons. The van der Waals surface area contributed by atoms with E-state index >= 15 is 0 Å². The molecule has 3 rings (SSSR count). The summed E-state index contributed by atoms with van der Waals surface area (Å²) < 4.78 is 13.0. The van der Waals surface area contributed by atoms with Crippen LogP contribution < -0.4 is 11.5 Å². The summed E-state index contributed by atoms with van der Waals surface area (Å²) >= 11 is 0. The zero-order chi connectivity index (χ0) is 13.6. The van der Waals surface area contributed by atoms with Gasteiger partial charge in [-0.3, -0.25) is 0 Å². The number of fused-ring (bicyclic) bond motifs is 1. The first kappa shape index (κ1) is 12.1. The maximum Gasteiger partial charge on any atom is 0.224 e. The van der Waals surface area contributed by atoms with Crippen LogP contribution in [0.3, 0.4) is 0 Å². The number of hydrogen-bond donors (Lipinski definition) is 2. The molecule has 1 aliphatic heterocycles. The minimum atomic E-state index is -0.555. The second-order valence-corrected chi connectivity index (χ2v) is 4.98. The lowest BCUT2D eigenvalue weighted by molar-refractivity contribution is -0.139. The summed E-state index contributed by atoms with van der Waals surface area (Å²) in [4.78, 5) is 8.07. The monoisotopic (exact) mass is 264 g/mol. The van der Waals surface area contributed by atoms with E-state index in [0.29, 0.717) is 30.0 Å². The molecule has 8 nitrogen and oxygen atoms in total. The molecular weight excluding hydrogens is 248 g/mol. The Morgan fingerprint density at radius 1 is 1.42 bits per heavy atom. The fourth-order valence-corrected chi connectivity index (χ4v) is 2.17. The van der Waals surface area contributed by atoms with E-state index in [-0.39, 0.29) is 12.1 Å². The second kappa shape index (κ2) is 4.04. The average Bonchev–Trinajstić information content (AvgIpc) is 2.84. The summed E-state index contributed by atoms with van der Waals surface area (Å²) in [6, 6.07) is 0. The third-order valence-electron chi connectivity index (χ3n) is 2.99. The number of nitrogens with two attached hydrogens (primary N) is 2. The average molecular weight is 264 g/mol. The highest BCUT2D eigenvalue weighted by Crippen LogP contribution is 2.24. The molecule has 1 atom stereocenters. The topological polar surface area (TPSA) is 114 Å². The van der Waals surface area contributed by atoms with E-state index in [1.807, 2.05) is 13.8 Å². The molecule has 2 aromatic heterocycles. The Hall–Kier alpha value is -1.93. The maximum absolute atomic E-state index is 5.78.